The van der Waals surface area contributed by atoms with Gasteiger partial charge in [0, 0.05) is 31.5 Å². The first-order valence-corrected chi connectivity index (χ1v) is 6.19. The third-order valence-electron chi connectivity index (χ3n) is 3.41. The Balaban J connectivity index is 2.11. The van der Waals surface area contributed by atoms with Gasteiger partial charge in [0.05, 0.1) is 11.3 Å². The Labute approximate surface area is 114 Å². The van der Waals surface area contributed by atoms with E-state index in [2.05, 4.69) is 9.97 Å². The fourth-order valence-corrected chi connectivity index (χ4v) is 2.42. The number of hydrogen-bond donors (Lipinski definition) is 0. The lowest BCUT2D eigenvalue weighted by Gasteiger charge is -2.13. The molecule has 0 radical (unpaired) electrons. The fraction of sp³-hybridized carbons (Fsp3) is 0.286. The molecule has 0 aliphatic carbocycles. The van der Waals surface area contributed by atoms with Gasteiger partial charge in [0.15, 0.2) is 0 Å². The second kappa shape index (κ2) is 4.47. The molecule has 3 rings (SSSR count). The van der Waals surface area contributed by atoms with E-state index >= 15 is 0 Å². The maximum atomic E-state index is 13.0. The van der Waals surface area contributed by atoms with E-state index < -0.39 is 11.7 Å². The molecule has 0 bridgehead atoms. The second-order valence-electron chi connectivity index (χ2n) is 4.78. The lowest BCUT2D eigenvalue weighted by Crippen LogP contribution is -2.13. The number of rotatable bonds is 1. The molecule has 2 aromatic rings. The van der Waals surface area contributed by atoms with E-state index in [1.165, 1.54) is 18.5 Å². The molecule has 0 saturated heterocycles. The van der Waals surface area contributed by atoms with Crippen molar-refractivity contribution in [3.8, 4) is 11.3 Å². The molecule has 0 fully saturated rings. The third kappa shape index (κ3) is 2.11. The van der Waals surface area contributed by atoms with E-state index in [4.69, 9.17) is 0 Å². The van der Waals surface area contributed by atoms with Gasteiger partial charge in [-0.1, -0.05) is 0 Å². The fourth-order valence-electron chi connectivity index (χ4n) is 2.42. The molecule has 20 heavy (non-hydrogen) atoms. The van der Waals surface area contributed by atoms with Crippen molar-refractivity contribution in [3.63, 3.8) is 0 Å². The van der Waals surface area contributed by atoms with Crippen molar-refractivity contribution < 1.29 is 13.2 Å². The van der Waals surface area contributed by atoms with Gasteiger partial charge in [-0.15, -0.1) is 0 Å². The van der Waals surface area contributed by atoms with Gasteiger partial charge in [0.1, 0.15) is 5.82 Å². The molecule has 0 amide bonds. The Morgan fingerprint density at radius 3 is 2.80 bits per heavy atom. The van der Waals surface area contributed by atoms with Crippen molar-refractivity contribution in [3.05, 3.63) is 41.7 Å². The van der Waals surface area contributed by atoms with E-state index in [1.54, 1.807) is 6.07 Å². The normalized spacial score (nSPS) is 14.5. The van der Waals surface area contributed by atoms with Gasteiger partial charge < -0.3 is 4.90 Å². The number of anilines is 1. The lowest BCUT2D eigenvalue weighted by molar-refractivity contribution is -0.137. The standard InChI is InChI=1S/C14H12F3N3/c1-20-6-4-9-7-10(8-19-13(9)20)12-11(14(15,16)17)3-2-5-18-12/h2-3,5,7-8H,4,6H2,1H3. The molecule has 0 N–H and O–H groups in total. The van der Waals surface area contributed by atoms with Crippen LogP contribution in [0.4, 0.5) is 19.0 Å². The van der Waals surface area contributed by atoms with E-state index in [9.17, 15) is 13.2 Å². The molecular weight excluding hydrogens is 267 g/mol. The van der Waals surface area contributed by atoms with Crippen LogP contribution < -0.4 is 4.90 Å². The Bertz CT molecular complexity index is 652. The summed E-state index contributed by atoms with van der Waals surface area (Å²) >= 11 is 0. The first-order valence-electron chi connectivity index (χ1n) is 6.19. The highest BCUT2D eigenvalue weighted by Gasteiger charge is 2.34. The van der Waals surface area contributed by atoms with Crippen LogP contribution in [0.25, 0.3) is 11.3 Å². The van der Waals surface area contributed by atoms with Crippen LogP contribution in [0.1, 0.15) is 11.1 Å². The monoisotopic (exact) mass is 279 g/mol. The Kier molecular flexibility index (Phi) is 2.88. The number of likely N-dealkylation sites (N-methyl/N-ethyl adjacent to an activating group) is 1. The van der Waals surface area contributed by atoms with E-state index in [0.717, 1.165) is 30.4 Å². The molecule has 6 heteroatoms. The van der Waals surface area contributed by atoms with Crippen LogP contribution in [0.2, 0.25) is 0 Å². The van der Waals surface area contributed by atoms with Gasteiger partial charge in [-0.2, -0.15) is 13.2 Å². The van der Waals surface area contributed by atoms with Gasteiger partial charge in [-0.05, 0) is 30.2 Å². The minimum absolute atomic E-state index is 0.0650. The molecule has 0 spiro atoms. The van der Waals surface area contributed by atoms with E-state index in [0.29, 0.717) is 5.56 Å². The van der Waals surface area contributed by atoms with Crippen molar-refractivity contribution in [1.82, 2.24) is 9.97 Å². The Hall–Kier alpha value is -2.11. The topological polar surface area (TPSA) is 29.0 Å². The minimum atomic E-state index is -4.42. The number of pyridine rings is 2. The molecule has 2 aromatic heterocycles. The summed E-state index contributed by atoms with van der Waals surface area (Å²) in [7, 11) is 1.92. The van der Waals surface area contributed by atoms with Gasteiger partial charge >= 0.3 is 6.18 Å². The zero-order valence-electron chi connectivity index (χ0n) is 10.8. The van der Waals surface area contributed by atoms with Gasteiger partial charge in [-0.25, -0.2) is 4.98 Å². The van der Waals surface area contributed by atoms with Gasteiger partial charge in [0.25, 0.3) is 0 Å². The molecule has 3 heterocycles. The summed E-state index contributed by atoms with van der Waals surface area (Å²) in [4.78, 5) is 10.1. The summed E-state index contributed by atoms with van der Waals surface area (Å²) in [5.41, 5.74) is 0.578. The summed E-state index contributed by atoms with van der Waals surface area (Å²) < 4.78 is 39.0. The molecule has 0 saturated carbocycles. The molecule has 3 nitrogen and oxygen atoms in total. The molecular formula is C14H12F3N3. The smallest absolute Gasteiger partial charge is 0.359 e. The predicted octanol–water partition coefficient (Wildman–Crippen LogP) is 3.15. The summed E-state index contributed by atoms with van der Waals surface area (Å²) in [5, 5.41) is 0. The number of nitrogens with zero attached hydrogens (tertiary/aromatic N) is 3. The quantitative estimate of drug-likeness (QED) is 0.803. The highest BCUT2D eigenvalue weighted by atomic mass is 19.4. The van der Waals surface area contributed by atoms with Crippen molar-refractivity contribution >= 4 is 5.82 Å². The first-order chi connectivity index (χ1) is 9.47. The number of alkyl halides is 3. The maximum absolute atomic E-state index is 13.0. The largest absolute Gasteiger partial charge is 0.418 e. The Morgan fingerprint density at radius 2 is 2.05 bits per heavy atom. The average molecular weight is 279 g/mol. The average Bonchev–Trinajstić information content (AvgIpc) is 2.79. The van der Waals surface area contributed by atoms with E-state index in [1.807, 2.05) is 11.9 Å². The number of aromatic nitrogens is 2. The van der Waals surface area contributed by atoms with Crippen molar-refractivity contribution in [2.45, 2.75) is 12.6 Å². The van der Waals surface area contributed by atoms with Crippen LogP contribution in [0, 0.1) is 0 Å². The van der Waals surface area contributed by atoms with Crippen LogP contribution in [-0.4, -0.2) is 23.6 Å². The number of hydrogen-bond acceptors (Lipinski definition) is 3. The number of fused-ring (bicyclic) bond motifs is 1. The molecule has 1 aliphatic heterocycles. The molecule has 0 unspecified atom stereocenters. The highest BCUT2D eigenvalue weighted by molar-refractivity contribution is 5.67. The van der Waals surface area contributed by atoms with Crippen molar-refractivity contribution in [2.24, 2.45) is 0 Å². The number of halogens is 3. The predicted molar refractivity (Wildman–Crippen MR) is 69.4 cm³/mol. The zero-order valence-corrected chi connectivity index (χ0v) is 10.8. The highest BCUT2D eigenvalue weighted by Crippen LogP contribution is 2.37. The summed E-state index contributed by atoms with van der Waals surface area (Å²) in [6, 6.07) is 4.09. The SMILES string of the molecule is CN1CCc2cc(-c3ncccc3C(F)(F)F)cnc21. The molecule has 0 aromatic carbocycles. The first kappa shape index (κ1) is 12.9. The summed E-state index contributed by atoms with van der Waals surface area (Å²) in [6.45, 7) is 0.833. The molecule has 1 aliphatic rings. The maximum Gasteiger partial charge on any atom is 0.418 e. The van der Waals surface area contributed by atoms with Crippen LogP contribution in [0.5, 0.6) is 0 Å². The second-order valence-corrected chi connectivity index (χ2v) is 4.78. The third-order valence-corrected chi connectivity index (χ3v) is 3.41. The molecule has 0 atom stereocenters. The van der Waals surface area contributed by atoms with Gasteiger partial charge in [0.2, 0.25) is 0 Å². The Morgan fingerprint density at radius 1 is 1.25 bits per heavy atom. The minimum Gasteiger partial charge on any atom is -0.359 e. The van der Waals surface area contributed by atoms with Crippen LogP contribution in [0.3, 0.4) is 0 Å². The van der Waals surface area contributed by atoms with Crippen molar-refractivity contribution in [2.75, 3.05) is 18.5 Å². The van der Waals surface area contributed by atoms with Crippen molar-refractivity contribution in [1.29, 1.82) is 0 Å². The lowest BCUT2D eigenvalue weighted by atomic mass is 10.0. The zero-order chi connectivity index (χ0) is 14.3. The van der Waals surface area contributed by atoms with Crippen LogP contribution in [-0.2, 0) is 12.6 Å². The van der Waals surface area contributed by atoms with Gasteiger partial charge in [-0.3, -0.25) is 4.98 Å². The molecule has 104 valence electrons. The summed E-state index contributed by atoms with van der Waals surface area (Å²) in [6.07, 6.45) is -0.803. The van der Waals surface area contributed by atoms with Crippen LogP contribution >= 0.6 is 0 Å². The van der Waals surface area contributed by atoms with E-state index in [-0.39, 0.29) is 5.69 Å². The van der Waals surface area contributed by atoms with Crippen LogP contribution in [0.15, 0.2) is 30.6 Å². The summed E-state index contributed by atoms with van der Waals surface area (Å²) in [5.74, 6) is 0.832.